The fourth-order valence-electron chi connectivity index (χ4n) is 2.64. The van der Waals surface area contributed by atoms with Crippen LogP contribution in [0.5, 0.6) is 0 Å². The molecular formula is C17H24N6O. The summed E-state index contributed by atoms with van der Waals surface area (Å²) in [6.07, 6.45) is 3.55. The van der Waals surface area contributed by atoms with E-state index in [9.17, 15) is 0 Å². The molecule has 1 N–H and O–H groups in total. The molecule has 0 aliphatic rings. The van der Waals surface area contributed by atoms with Crippen LogP contribution in [0, 0.1) is 6.92 Å². The van der Waals surface area contributed by atoms with E-state index in [0.29, 0.717) is 23.8 Å². The smallest absolute Gasteiger partial charge is 0.258 e. The molecule has 0 amide bonds. The molecule has 3 aromatic heterocycles. The van der Waals surface area contributed by atoms with Crippen molar-refractivity contribution in [2.45, 2.75) is 52.6 Å². The fourth-order valence-corrected chi connectivity index (χ4v) is 2.64. The van der Waals surface area contributed by atoms with E-state index in [0.717, 1.165) is 35.1 Å². The van der Waals surface area contributed by atoms with Crippen molar-refractivity contribution in [3.63, 3.8) is 0 Å². The maximum absolute atomic E-state index is 5.50. The number of rotatable bonds is 6. The molecule has 0 bridgehead atoms. The number of aromatic nitrogens is 5. The Balaban J connectivity index is 2.05. The van der Waals surface area contributed by atoms with Crippen LogP contribution in [0.25, 0.3) is 22.5 Å². The number of fused-ring (bicyclic) bond motifs is 1. The summed E-state index contributed by atoms with van der Waals surface area (Å²) in [7, 11) is 1.92. The molecule has 0 aromatic carbocycles. The van der Waals surface area contributed by atoms with Crippen LogP contribution in [0.4, 0.5) is 0 Å². The third-order valence-corrected chi connectivity index (χ3v) is 4.38. The number of nitrogens with zero attached hydrogens (tertiary/aromatic N) is 5. The van der Waals surface area contributed by atoms with Gasteiger partial charge < -0.3 is 9.84 Å². The summed E-state index contributed by atoms with van der Waals surface area (Å²) in [6, 6.07) is 2.56. The molecule has 2 unspecified atom stereocenters. The summed E-state index contributed by atoms with van der Waals surface area (Å²) in [5.41, 5.74) is 2.66. The van der Waals surface area contributed by atoms with Crippen LogP contribution in [0.2, 0.25) is 0 Å². The highest BCUT2D eigenvalue weighted by molar-refractivity contribution is 5.90. The Morgan fingerprint density at radius 2 is 2.08 bits per heavy atom. The number of hydrogen-bond acceptors (Lipinski definition) is 6. The number of likely N-dealkylation sites (N-methyl/N-ethyl adjacent to an activating group) is 1. The van der Waals surface area contributed by atoms with Crippen LogP contribution in [0.1, 0.15) is 44.8 Å². The van der Waals surface area contributed by atoms with Crippen LogP contribution in [0.15, 0.2) is 16.8 Å². The van der Waals surface area contributed by atoms with Gasteiger partial charge in [-0.15, -0.1) is 0 Å². The highest BCUT2D eigenvalue weighted by atomic mass is 16.5. The van der Waals surface area contributed by atoms with E-state index in [1.807, 2.05) is 30.9 Å². The van der Waals surface area contributed by atoms with Gasteiger partial charge in [-0.25, -0.2) is 9.67 Å². The van der Waals surface area contributed by atoms with Crippen LogP contribution in [0.3, 0.4) is 0 Å². The summed E-state index contributed by atoms with van der Waals surface area (Å²) in [5.74, 6) is 1.22. The van der Waals surface area contributed by atoms with E-state index in [-0.39, 0.29) is 0 Å². The minimum atomic E-state index is 0.291. The van der Waals surface area contributed by atoms with Gasteiger partial charge in [0.15, 0.2) is 11.5 Å². The van der Waals surface area contributed by atoms with Crippen LogP contribution < -0.4 is 5.32 Å². The van der Waals surface area contributed by atoms with E-state index in [1.165, 1.54) is 0 Å². The molecule has 0 saturated heterocycles. The molecule has 7 nitrogen and oxygen atoms in total. The molecule has 0 aliphatic heterocycles. The Morgan fingerprint density at radius 1 is 1.29 bits per heavy atom. The SMILES string of the molecule is CCC(C)n1ncc2c(-c3nc(CC(C)NC)no3)cc(C)nc21. The topological polar surface area (TPSA) is 81.7 Å². The maximum atomic E-state index is 5.50. The zero-order chi connectivity index (χ0) is 17.3. The molecule has 3 rings (SSSR count). The first-order valence-electron chi connectivity index (χ1n) is 8.38. The first kappa shape index (κ1) is 16.6. The number of pyridine rings is 1. The van der Waals surface area contributed by atoms with Crippen molar-refractivity contribution >= 4 is 11.0 Å². The quantitative estimate of drug-likeness (QED) is 0.749. The molecule has 7 heteroatoms. The van der Waals surface area contributed by atoms with E-state index < -0.39 is 0 Å². The third-order valence-electron chi connectivity index (χ3n) is 4.38. The Bertz CT molecular complexity index is 837. The third kappa shape index (κ3) is 3.03. The lowest BCUT2D eigenvalue weighted by Crippen LogP contribution is -2.24. The van der Waals surface area contributed by atoms with Crippen molar-refractivity contribution in [3.8, 4) is 11.5 Å². The lowest BCUT2D eigenvalue weighted by molar-refractivity contribution is 0.418. The monoisotopic (exact) mass is 328 g/mol. The molecule has 128 valence electrons. The Kier molecular flexibility index (Phi) is 4.62. The summed E-state index contributed by atoms with van der Waals surface area (Å²) >= 11 is 0. The second kappa shape index (κ2) is 6.68. The van der Waals surface area contributed by atoms with E-state index in [4.69, 9.17) is 4.52 Å². The summed E-state index contributed by atoms with van der Waals surface area (Å²) in [5, 5.41) is 12.7. The summed E-state index contributed by atoms with van der Waals surface area (Å²) in [4.78, 5) is 9.21. The van der Waals surface area contributed by atoms with Gasteiger partial charge in [-0.2, -0.15) is 10.1 Å². The average molecular weight is 328 g/mol. The van der Waals surface area contributed by atoms with Gasteiger partial charge >= 0.3 is 0 Å². The van der Waals surface area contributed by atoms with Crippen molar-refractivity contribution in [2.24, 2.45) is 0 Å². The number of nitrogens with one attached hydrogen (secondary N) is 1. The van der Waals surface area contributed by atoms with Gasteiger partial charge in [-0.1, -0.05) is 12.1 Å². The Morgan fingerprint density at radius 3 is 2.79 bits per heavy atom. The minimum absolute atomic E-state index is 0.291. The molecule has 3 aromatic rings. The van der Waals surface area contributed by atoms with Crippen molar-refractivity contribution in [3.05, 3.63) is 23.8 Å². The first-order valence-corrected chi connectivity index (χ1v) is 8.38. The normalized spacial score (nSPS) is 14.2. The molecule has 24 heavy (non-hydrogen) atoms. The van der Waals surface area contributed by atoms with Crippen molar-refractivity contribution in [2.75, 3.05) is 7.05 Å². The second-order valence-corrected chi connectivity index (χ2v) is 6.30. The summed E-state index contributed by atoms with van der Waals surface area (Å²) < 4.78 is 7.47. The van der Waals surface area contributed by atoms with Gasteiger partial charge in [0.2, 0.25) is 0 Å². The average Bonchev–Trinajstić information content (AvgIpc) is 3.20. The van der Waals surface area contributed by atoms with Gasteiger partial charge in [0, 0.05) is 18.2 Å². The maximum Gasteiger partial charge on any atom is 0.258 e. The lowest BCUT2D eigenvalue weighted by atomic mass is 10.1. The van der Waals surface area contributed by atoms with Gasteiger partial charge in [-0.05, 0) is 40.3 Å². The minimum Gasteiger partial charge on any atom is -0.334 e. The Labute approximate surface area is 141 Å². The molecular weight excluding hydrogens is 304 g/mol. The number of hydrogen-bond donors (Lipinski definition) is 1. The standard InChI is InChI=1S/C17H24N6O/c1-6-12(4)23-16-14(9-19-23)13(7-11(3)20-16)17-21-15(22-24-17)8-10(2)18-5/h7,9-10,12,18H,6,8H2,1-5H3. The fraction of sp³-hybridized carbons (Fsp3) is 0.529. The second-order valence-electron chi connectivity index (χ2n) is 6.30. The first-order chi connectivity index (χ1) is 11.5. The van der Waals surface area contributed by atoms with E-state index in [2.05, 4.69) is 46.3 Å². The molecule has 3 heterocycles. The summed E-state index contributed by atoms with van der Waals surface area (Å²) in [6.45, 7) is 8.33. The number of aryl methyl sites for hydroxylation is 1. The molecule has 0 aliphatic carbocycles. The Hall–Kier alpha value is -2.28. The van der Waals surface area contributed by atoms with Crippen molar-refractivity contribution in [1.82, 2.24) is 30.2 Å². The van der Waals surface area contributed by atoms with Gasteiger partial charge in [-0.3, -0.25) is 0 Å². The predicted octanol–water partition coefficient (Wildman–Crippen LogP) is 2.91. The highest BCUT2D eigenvalue weighted by Crippen LogP contribution is 2.29. The molecule has 2 atom stereocenters. The highest BCUT2D eigenvalue weighted by Gasteiger charge is 2.18. The molecule has 0 spiro atoms. The lowest BCUT2D eigenvalue weighted by Gasteiger charge is -2.10. The van der Waals surface area contributed by atoms with Crippen molar-refractivity contribution in [1.29, 1.82) is 0 Å². The zero-order valence-corrected chi connectivity index (χ0v) is 14.9. The largest absolute Gasteiger partial charge is 0.334 e. The van der Waals surface area contributed by atoms with E-state index >= 15 is 0 Å². The molecule has 0 fully saturated rings. The van der Waals surface area contributed by atoms with Gasteiger partial charge in [0.05, 0.1) is 23.2 Å². The van der Waals surface area contributed by atoms with Crippen LogP contribution in [-0.2, 0) is 6.42 Å². The zero-order valence-electron chi connectivity index (χ0n) is 14.9. The molecule has 0 radical (unpaired) electrons. The van der Waals surface area contributed by atoms with Crippen molar-refractivity contribution < 1.29 is 4.52 Å². The molecule has 0 saturated carbocycles. The van der Waals surface area contributed by atoms with E-state index in [1.54, 1.807) is 0 Å². The van der Waals surface area contributed by atoms with Gasteiger partial charge in [0.25, 0.3) is 5.89 Å². The predicted molar refractivity (Wildman–Crippen MR) is 92.8 cm³/mol. The van der Waals surface area contributed by atoms with Crippen LogP contribution in [-0.4, -0.2) is 38.0 Å². The van der Waals surface area contributed by atoms with Gasteiger partial charge in [0.1, 0.15) is 0 Å². The van der Waals surface area contributed by atoms with Crippen LogP contribution >= 0.6 is 0 Å².